The van der Waals surface area contributed by atoms with Gasteiger partial charge in [-0.15, -0.1) is 0 Å². The minimum Gasteiger partial charge on any atom is -0.0596 e. The number of rotatable bonds is 0. The lowest BCUT2D eigenvalue weighted by atomic mass is 9.45. The van der Waals surface area contributed by atoms with Crippen LogP contribution in [0.2, 0.25) is 0 Å². The standard InChI is InChI=1S/C17H29/c1-16(2)11-6-12-17(3)14-8-5-4-7-13(14)9-10-15(16)17/h14-15H,4-12H2,1-3H3/q+1/t14-,15-,17+/m0/s1. The monoisotopic (exact) mass is 233 g/mol. The fourth-order valence-electron chi connectivity index (χ4n) is 5.81. The summed E-state index contributed by atoms with van der Waals surface area (Å²) < 4.78 is 0. The van der Waals surface area contributed by atoms with Crippen molar-refractivity contribution in [2.24, 2.45) is 22.7 Å². The first-order valence-corrected chi connectivity index (χ1v) is 7.89. The summed E-state index contributed by atoms with van der Waals surface area (Å²) in [6, 6.07) is 0. The Kier molecular flexibility index (Phi) is 2.76. The third-order valence-electron chi connectivity index (χ3n) is 6.56. The van der Waals surface area contributed by atoms with Gasteiger partial charge in [-0.25, -0.2) is 0 Å². The molecule has 0 unspecified atom stereocenters. The molecule has 0 aliphatic heterocycles. The third kappa shape index (κ3) is 1.74. The van der Waals surface area contributed by atoms with Crippen molar-refractivity contribution < 1.29 is 0 Å². The molecule has 96 valence electrons. The van der Waals surface area contributed by atoms with Gasteiger partial charge in [-0.05, 0) is 49.9 Å². The normalized spacial score (nSPS) is 45.0. The highest BCUT2D eigenvalue weighted by molar-refractivity contribution is 5.14. The summed E-state index contributed by atoms with van der Waals surface area (Å²) in [6.07, 6.45) is 13.4. The zero-order chi connectivity index (χ0) is 12.1. The van der Waals surface area contributed by atoms with Gasteiger partial charge < -0.3 is 0 Å². The Balaban J connectivity index is 1.90. The Morgan fingerprint density at radius 1 is 0.882 bits per heavy atom. The van der Waals surface area contributed by atoms with Crippen molar-refractivity contribution in [1.82, 2.24) is 0 Å². The van der Waals surface area contributed by atoms with Crippen molar-refractivity contribution in [3.8, 4) is 0 Å². The van der Waals surface area contributed by atoms with Gasteiger partial charge in [0.25, 0.3) is 0 Å². The average molecular weight is 233 g/mol. The van der Waals surface area contributed by atoms with E-state index in [1.807, 2.05) is 5.92 Å². The SMILES string of the molecule is CC1(C)CCC[C@]2(C)[C@H]3CCCC[C+]3CC[C@@H]12. The van der Waals surface area contributed by atoms with Crippen LogP contribution in [-0.2, 0) is 0 Å². The molecule has 3 aliphatic rings. The van der Waals surface area contributed by atoms with Gasteiger partial charge in [-0.2, -0.15) is 0 Å². The van der Waals surface area contributed by atoms with E-state index in [-0.39, 0.29) is 0 Å². The third-order valence-corrected chi connectivity index (χ3v) is 6.56. The van der Waals surface area contributed by atoms with E-state index in [1.54, 1.807) is 0 Å². The van der Waals surface area contributed by atoms with E-state index in [0.717, 1.165) is 11.8 Å². The van der Waals surface area contributed by atoms with Gasteiger partial charge in [0.15, 0.2) is 0 Å². The smallest absolute Gasteiger partial charge is 0.0596 e. The molecule has 0 saturated heterocycles. The second kappa shape index (κ2) is 3.93. The maximum absolute atomic E-state index is 2.65. The minimum absolute atomic E-state index is 0.607. The van der Waals surface area contributed by atoms with Crippen LogP contribution in [0.3, 0.4) is 0 Å². The zero-order valence-electron chi connectivity index (χ0n) is 12.0. The summed E-state index contributed by atoms with van der Waals surface area (Å²) in [5, 5.41) is 0. The maximum Gasteiger partial charge on any atom is 0.106 e. The van der Waals surface area contributed by atoms with Gasteiger partial charge in [-0.3, -0.25) is 0 Å². The molecule has 0 radical (unpaired) electrons. The predicted octanol–water partition coefficient (Wildman–Crippen LogP) is 5.38. The van der Waals surface area contributed by atoms with E-state index in [1.165, 1.54) is 57.8 Å². The van der Waals surface area contributed by atoms with E-state index >= 15 is 0 Å². The summed E-state index contributed by atoms with van der Waals surface area (Å²) >= 11 is 0. The van der Waals surface area contributed by atoms with Gasteiger partial charge in [-0.1, -0.05) is 27.2 Å². The molecule has 0 heterocycles. The highest BCUT2D eigenvalue weighted by Crippen LogP contribution is 2.64. The largest absolute Gasteiger partial charge is 0.106 e. The Hall–Kier alpha value is -0.130. The minimum atomic E-state index is 0.607. The van der Waals surface area contributed by atoms with Gasteiger partial charge in [0.2, 0.25) is 0 Å². The van der Waals surface area contributed by atoms with Gasteiger partial charge in [0.05, 0.1) is 18.8 Å². The average Bonchev–Trinajstić information content (AvgIpc) is 2.28. The molecule has 0 N–H and O–H groups in total. The molecule has 17 heavy (non-hydrogen) atoms. The van der Waals surface area contributed by atoms with E-state index < -0.39 is 0 Å². The molecule has 0 bridgehead atoms. The first kappa shape index (κ1) is 11.9. The summed E-state index contributed by atoms with van der Waals surface area (Å²) in [5.41, 5.74) is 1.27. The molecule has 0 spiro atoms. The van der Waals surface area contributed by atoms with Crippen molar-refractivity contribution in [3.05, 3.63) is 5.92 Å². The van der Waals surface area contributed by atoms with Crippen LogP contribution in [0, 0.1) is 28.6 Å². The van der Waals surface area contributed by atoms with Crippen LogP contribution in [0.15, 0.2) is 0 Å². The van der Waals surface area contributed by atoms with Crippen LogP contribution in [0.4, 0.5) is 0 Å². The zero-order valence-corrected chi connectivity index (χ0v) is 12.0. The highest BCUT2D eigenvalue weighted by atomic mass is 14.6. The van der Waals surface area contributed by atoms with Crippen molar-refractivity contribution in [3.63, 3.8) is 0 Å². The lowest BCUT2D eigenvalue weighted by Gasteiger charge is -2.56. The summed E-state index contributed by atoms with van der Waals surface area (Å²) in [6.45, 7) is 7.74. The Morgan fingerprint density at radius 3 is 2.53 bits per heavy atom. The number of hydrogen-bond donors (Lipinski definition) is 0. The van der Waals surface area contributed by atoms with Crippen LogP contribution in [0.1, 0.15) is 78.6 Å². The topological polar surface area (TPSA) is 0 Å². The molecule has 3 saturated carbocycles. The van der Waals surface area contributed by atoms with Crippen LogP contribution in [0.25, 0.3) is 0 Å². The Labute approximate surface area is 108 Å². The molecule has 3 rings (SSSR count). The van der Waals surface area contributed by atoms with E-state index in [2.05, 4.69) is 20.8 Å². The molecule has 0 heteroatoms. The quantitative estimate of drug-likeness (QED) is 0.493. The van der Waals surface area contributed by atoms with Gasteiger partial charge in [0, 0.05) is 5.41 Å². The van der Waals surface area contributed by atoms with Crippen molar-refractivity contribution in [2.75, 3.05) is 0 Å². The fraction of sp³-hybridized carbons (Fsp3) is 0.941. The van der Waals surface area contributed by atoms with Crippen molar-refractivity contribution >= 4 is 0 Å². The highest BCUT2D eigenvalue weighted by Gasteiger charge is 2.59. The lowest BCUT2D eigenvalue weighted by Crippen LogP contribution is -2.51. The number of hydrogen-bond acceptors (Lipinski definition) is 0. The van der Waals surface area contributed by atoms with Crippen LogP contribution >= 0.6 is 0 Å². The molecule has 0 nitrogen and oxygen atoms in total. The molecular weight excluding hydrogens is 204 g/mol. The molecule has 0 amide bonds. The summed E-state index contributed by atoms with van der Waals surface area (Å²) in [4.78, 5) is 0. The number of fused-ring (bicyclic) bond motifs is 3. The molecular formula is C17H29+. The molecule has 0 aromatic rings. The molecule has 3 fully saturated rings. The lowest BCUT2D eigenvalue weighted by molar-refractivity contribution is -0.0713. The second-order valence-electron chi connectivity index (χ2n) is 7.90. The Morgan fingerprint density at radius 2 is 1.71 bits per heavy atom. The Bertz CT molecular complexity index is 290. The van der Waals surface area contributed by atoms with Crippen molar-refractivity contribution in [2.45, 2.75) is 78.6 Å². The second-order valence-corrected chi connectivity index (χ2v) is 7.90. The molecule has 0 aromatic heterocycles. The van der Waals surface area contributed by atoms with E-state index in [0.29, 0.717) is 10.8 Å². The molecule has 3 aliphatic carbocycles. The first-order valence-electron chi connectivity index (χ1n) is 7.89. The first-order chi connectivity index (χ1) is 8.04. The predicted molar refractivity (Wildman–Crippen MR) is 73.7 cm³/mol. The summed E-state index contributed by atoms with van der Waals surface area (Å²) in [5.74, 6) is 3.96. The van der Waals surface area contributed by atoms with Crippen LogP contribution in [-0.4, -0.2) is 0 Å². The fourth-order valence-corrected chi connectivity index (χ4v) is 5.81. The van der Waals surface area contributed by atoms with Crippen molar-refractivity contribution in [1.29, 1.82) is 0 Å². The molecule has 0 aromatic carbocycles. The van der Waals surface area contributed by atoms with Gasteiger partial charge >= 0.3 is 0 Å². The van der Waals surface area contributed by atoms with Gasteiger partial charge in [0.1, 0.15) is 5.92 Å². The maximum atomic E-state index is 2.65. The van der Waals surface area contributed by atoms with Crippen LogP contribution in [0.5, 0.6) is 0 Å². The van der Waals surface area contributed by atoms with E-state index in [9.17, 15) is 0 Å². The van der Waals surface area contributed by atoms with Crippen LogP contribution < -0.4 is 0 Å². The van der Waals surface area contributed by atoms with E-state index in [4.69, 9.17) is 0 Å². The summed E-state index contributed by atoms with van der Waals surface area (Å²) in [7, 11) is 0. The molecule has 3 atom stereocenters.